The van der Waals surface area contributed by atoms with Crippen LogP contribution in [0.15, 0.2) is 23.1 Å². The minimum atomic E-state index is -4.16. The lowest BCUT2D eigenvalue weighted by Crippen LogP contribution is -2.33. The first kappa shape index (κ1) is 15.8. The summed E-state index contributed by atoms with van der Waals surface area (Å²) in [7, 11) is -2.62. The van der Waals surface area contributed by atoms with Crippen molar-refractivity contribution in [1.29, 1.82) is 0 Å². The van der Waals surface area contributed by atoms with Gasteiger partial charge in [-0.3, -0.25) is 10.1 Å². The van der Waals surface area contributed by atoms with Crippen molar-refractivity contribution in [3.05, 3.63) is 34.1 Å². The summed E-state index contributed by atoms with van der Waals surface area (Å²) < 4.78 is 45.5. The van der Waals surface area contributed by atoms with Crippen LogP contribution in [0.1, 0.15) is 19.3 Å². The van der Waals surface area contributed by atoms with Gasteiger partial charge in [0.2, 0.25) is 15.8 Å². The molecule has 1 aliphatic carbocycles. The molecular formula is C12H15FN2O5S. The normalized spacial score (nSPS) is 22.4. The number of para-hydroxylation sites is 1. The van der Waals surface area contributed by atoms with E-state index < -0.39 is 31.3 Å². The van der Waals surface area contributed by atoms with E-state index in [0.717, 1.165) is 18.2 Å². The highest BCUT2D eigenvalue weighted by atomic mass is 32.2. The molecule has 0 bridgehead atoms. The van der Waals surface area contributed by atoms with Crippen LogP contribution < -0.4 is 4.72 Å². The first-order valence-electron chi connectivity index (χ1n) is 6.33. The fourth-order valence-electron chi connectivity index (χ4n) is 2.43. The molecule has 1 aromatic carbocycles. The Bertz CT molecular complexity index is 649. The Balaban J connectivity index is 2.29. The second kappa shape index (κ2) is 6.04. The Hall–Kier alpha value is -1.58. The molecule has 0 radical (unpaired) electrons. The van der Waals surface area contributed by atoms with Gasteiger partial charge in [0.15, 0.2) is 4.90 Å². The number of rotatable bonds is 5. The highest BCUT2D eigenvalue weighted by molar-refractivity contribution is 7.89. The van der Waals surface area contributed by atoms with Crippen LogP contribution in [0.4, 0.5) is 10.1 Å². The number of nitro benzene ring substituents is 1. The third kappa shape index (κ3) is 3.36. The van der Waals surface area contributed by atoms with Crippen molar-refractivity contribution in [1.82, 2.24) is 4.72 Å². The fraction of sp³-hybridized carbons (Fsp3) is 0.500. The van der Waals surface area contributed by atoms with E-state index in [9.17, 15) is 22.9 Å². The summed E-state index contributed by atoms with van der Waals surface area (Å²) in [5.41, 5.74) is -1.04. The smallest absolute Gasteiger partial charge is 0.324 e. The number of halogens is 1. The molecule has 21 heavy (non-hydrogen) atoms. The highest BCUT2D eigenvalue weighted by Gasteiger charge is 2.33. The molecule has 0 amide bonds. The van der Waals surface area contributed by atoms with Gasteiger partial charge in [-0.25, -0.2) is 13.1 Å². The molecule has 1 N–H and O–H groups in total. The molecule has 9 heteroatoms. The molecule has 1 aliphatic rings. The molecule has 116 valence electrons. The van der Waals surface area contributed by atoms with E-state index in [-0.39, 0.29) is 12.1 Å². The molecule has 0 spiro atoms. The van der Waals surface area contributed by atoms with Crippen LogP contribution in [0.2, 0.25) is 0 Å². The van der Waals surface area contributed by atoms with Crippen molar-refractivity contribution in [2.75, 3.05) is 7.11 Å². The van der Waals surface area contributed by atoms with E-state index >= 15 is 0 Å². The number of hydrogen-bond donors (Lipinski definition) is 1. The minimum absolute atomic E-state index is 0.0415. The van der Waals surface area contributed by atoms with Gasteiger partial charge in [-0.1, -0.05) is 6.07 Å². The second-order valence-electron chi connectivity index (χ2n) is 4.83. The molecular weight excluding hydrogens is 303 g/mol. The van der Waals surface area contributed by atoms with Crippen LogP contribution in [-0.2, 0) is 14.8 Å². The highest BCUT2D eigenvalue weighted by Crippen LogP contribution is 2.28. The van der Waals surface area contributed by atoms with Crippen LogP contribution in [0.5, 0.6) is 0 Å². The monoisotopic (exact) mass is 318 g/mol. The largest absolute Gasteiger partial charge is 0.381 e. The summed E-state index contributed by atoms with van der Waals surface area (Å²) in [6.45, 7) is 0. The third-order valence-electron chi connectivity index (χ3n) is 3.46. The lowest BCUT2D eigenvalue weighted by atomic mass is 10.3. The van der Waals surface area contributed by atoms with Crippen molar-refractivity contribution >= 4 is 15.7 Å². The van der Waals surface area contributed by atoms with Gasteiger partial charge in [0, 0.05) is 13.2 Å². The third-order valence-corrected chi connectivity index (χ3v) is 5.01. The van der Waals surface area contributed by atoms with Gasteiger partial charge in [0.25, 0.3) is 0 Å². The van der Waals surface area contributed by atoms with Crippen molar-refractivity contribution in [2.45, 2.75) is 36.3 Å². The van der Waals surface area contributed by atoms with Crippen LogP contribution in [0, 0.1) is 15.9 Å². The summed E-state index contributed by atoms with van der Waals surface area (Å²) in [6.07, 6.45) is 1.72. The van der Waals surface area contributed by atoms with E-state index in [2.05, 4.69) is 4.72 Å². The molecule has 1 aromatic rings. The zero-order valence-electron chi connectivity index (χ0n) is 11.3. The van der Waals surface area contributed by atoms with Gasteiger partial charge < -0.3 is 4.74 Å². The standard InChI is InChI=1S/C12H15FN2O5S/c1-20-9-6-5-8(7-9)14-21(18,19)11-4-2-3-10(13)12(11)15(16)17/h2-4,8-9,14H,5-7H2,1H3. The molecule has 0 heterocycles. The summed E-state index contributed by atoms with van der Waals surface area (Å²) >= 11 is 0. The maximum Gasteiger partial charge on any atom is 0.324 e. The Morgan fingerprint density at radius 1 is 1.43 bits per heavy atom. The molecule has 0 aromatic heterocycles. The van der Waals surface area contributed by atoms with Crippen molar-refractivity contribution in [3.8, 4) is 0 Å². The maximum absolute atomic E-state index is 13.5. The minimum Gasteiger partial charge on any atom is -0.381 e. The molecule has 1 saturated carbocycles. The van der Waals surface area contributed by atoms with E-state index in [1.807, 2.05) is 0 Å². The predicted molar refractivity (Wildman–Crippen MR) is 71.8 cm³/mol. The lowest BCUT2D eigenvalue weighted by Gasteiger charge is -2.13. The molecule has 0 saturated heterocycles. The van der Waals surface area contributed by atoms with Gasteiger partial charge in [0.05, 0.1) is 11.0 Å². The number of benzene rings is 1. The Morgan fingerprint density at radius 3 is 2.71 bits per heavy atom. The van der Waals surface area contributed by atoms with Gasteiger partial charge in [-0.05, 0) is 31.4 Å². The molecule has 2 rings (SSSR count). The van der Waals surface area contributed by atoms with Crippen LogP contribution in [0.25, 0.3) is 0 Å². The van der Waals surface area contributed by atoms with Crippen molar-refractivity contribution in [3.63, 3.8) is 0 Å². The van der Waals surface area contributed by atoms with Crippen LogP contribution in [0.3, 0.4) is 0 Å². The fourth-order valence-corrected chi connectivity index (χ4v) is 3.90. The number of ether oxygens (including phenoxy) is 1. The first-order valence-corrected chi connectivity index (χ1v) is 7.81. The average molecular weight is 318 g/mol. The summed E-state index contributed by atoms with van der Waals surface area (Å²) in [5, 5.41) is 10.9. The van der Waals surface area contributed by atoms with Gasteiger partial charge in [0.1, 0.15) is 0 Å². The van der Waals surface area contributed by atoms with Gasteiger partial charge in [-0.2, -0.15) is 4.39 Å². The Labute approximate surface area is 121 Å². The van der Waals surface area contributed by atoms with E-state index in [1.165, 1.54) is 0 Å². The van der Waals surface area contributed by atoms with Crippen LogP contribution >= 0.6 is 0 Å². The Kier molecular flexibility index (Phi) is 4.55. The van der Waals surface area contributed by atoms with Crippen LogP contribution in [-0.4, -0.2) is 32.6 Å². The number of hydrogen-bond acceptors (Lipinski definition) is 5. The van der Waals surface area contributed by atoms with Gasteiger partial charge >= 0.3 is 5.69 Å². The predicted octanol–water partition coefficient (Wildman–Crippen LogP) is 1.58. The number of nitrogens with one attached hydrogen (secondary N) is 1. The SMILES string of the molecule is COC1CCC(NS(=O)(=O)c2cccc(F)c2[N+](=O)[O-])C1. The molecule has 7 nitrogen and oxygen atoms in total. The Morgan fingerprint density at radius 2 is 2.14 bits per heavy atom. The van der Waals surface area contributed by atoms with Crippen molar-refractivity contribution in [2.24, 2.45) is 0 Å². The molecule has 2 atom stereocenters. The van der Waals surface area contributed by atoms with E-state index in [1.54, 1.807) is 7.11 Å². The molecule has 1 fully saturated rings. The quantitative estimate of drug-likeness (QED) is 0.656. The van der Waals surface area contributed by atoms with E-state index in [4.69, 9.17) is 4.74 Å². The van der Waals surface area contributed by atoms with Gasteiger partial charge in [-0.15, -0.1) is 0 Å². The second-order valence-corrected chi connectivity index (χ2v) is 6.52. The summed E-state index contributed by atoms with van der Waals surface area (Å²) in [6, 6.07) is 2.63. The zero-order valence-corrected chi connectivity index (χ0v) is 12.1. The number of sulfonamides is 1. The first-order chi connectivity index (χ1) is 9.85. The van der Waals surface area contributed by atoms with E-state index in [0.29, 0.717) is 19.3 Å². The number of nitro groups is 1. The lowest BCUT2D eigenvalue weighted by molar-refractivity contribution is -0.390. The zero-order chi connectivity index (χ0) is 15.6. The number of methoxy groups -OCH3 is 1. The molecule has 2 unspecified atom stereocenters. The van der Waals surface area contributed by atoms with Crippen molar-refractivity contribution < 1.29 is 22.5 Å². The molecule has 0 aliphatic heterocycles. The topological polar surface area (TPSA) is 98.5 Å². The summed E-state index contributed by atoms with van der Waals surface area (Å²) in [5.74, 6) is -1.18. The summed E-state index contributed by atoms with van der Waals surface area (Å²) in [4.78, 5) is 9.19. The average Bonchev–Trinajstić information content (AvgIpc) is 2.85. The number of nitrogens with zero attached hydrogens (tertiary/aromatic N) is 1. The maximum atomic E-state index is 13.5.